The van der Waals surface area contributed by atoms with Gasteiger partial charge in [-0.1, -0.05) is 0 Å². The van der Waals surface area contributed by atoms with Crippen molar-refractivity contribution in [3.8, 4) is 0 Å². The highest BCUT2D eigenvalue weighted by atomic mass is 14.8. The maximum Gasteiger partial charge on any atom is 0.159 e. The van der Waals surface area contributed by atoms with Crippen LogP contribution in [0.4, 0.5) is 0 Å². The Labute approximate surface area is 87.0 Å². The third kappa shape index (κ3) is 2.60. The van der Waals surface area contributed by atoms with Gasteiger partial charge in [0.1, 0.15) is 0 Å². The summed E-state index contributed by atoms with van der Waals surface area (Å²) in [6.07, 6.45) is 8.57. The topological polar surface area (TPSA) is 54.5 Å². The summed E-state index contributed by atoms with van der Waals surface area (Å²) in [6.45, 7) is 0. The Morgan fingerprint density at radius 2 is 1.67 bits per heavy atom. The Balaban J connectivity index is 0.000000144. The molecule has 0 spiro atoms. The van der Waals surface area contributed by atoms with E-state index in [0.717, 1.165) is 11.0 Å². The van der Waals surface area contributed by atoms with Gasteiger partial charge in [0, 0.05) is 30.2 Å². The van der Waals surface area contributed by atoms with Crippen LogP contribution in [0.15, 0.2) is 55.4 Å². The molecular weight excluding hydrogens is 188 g/mol. The third-order valence-electron chi connectivity index (χ3n) is 1.78. The molecular formula is C11H10N4. The van der Waals surface area contributed by atoms with Crippen LogP contribution in [0.3, 0.4) is 0 Å². The number of hydrogen-bond acceptors (Lipinski definition) is 3. The zero-order chi connectivity index (χ0) is 10.3. The monoisotopic (exact) mass is 198 g/mol. The predicted molar refractivity (Wildman–Crippen MR) is 58.1 cm³/mol. The molecule has 0 unspecified atom stereocenters. The van der Waals surface area contributed by atoms with Crippen LogP contribution in [0.2, 0.25) is 0 Å². The van der Waals surface area contributed by atoms with Crippen LogP contribution in [0, 0.1) is 0 Å². The van der Waals surface area contributed by atoms with Gasteiger partial charge < -0.3 is 4.98 Å². The number of fused-ring (bicyclic) bond motifs is 1. The zero-order valence-electron chi connectivity index (χ0n) is 8.04. The maximum absolute atomic E-state index is 4.07. The minimum atomic E-state index is 0.810. The highest BCUT2D eigenvalue weighted by Crippen LogP contribution is 2.04. The van der Waals surface area contributed by atoms with Crippen molar-refractivity contribution < 1.29 is 0 Å². The van der Waals surface area contributed by atoms with E-state index in [-0.39, 0.29) is 0 Å². The molecule has 0 aromatic carbocycles. The molecule has 3 aromatic rings. The molecule has 3 rings (SSSR count). The molecule has 3 aromatic heterocycles. The summed E-state index contributed by atoms with van der Waals surface area (Å²) in [5.41, 5.74) is 0.810. The van der Waals surface area contributed by atoms with Crippen molar-refractivity contribution in [2.75, 3.05) is 0 Å². The number of aromatic nitrogens is 4. The second kappa shape index (κ2) is 4.85. The van der Waals surface area contributed by atoms with Gasteiger partial charge in [-0.05, 0) is 24.3 Å². The number of nitrogens with one attached hydrogen (secondary N) is 1. The molecule has 0 saturated heterocycles. The van der Waals surface area contributed by atoms with Gasteiger partial charge in [-0.3, -0.25) is 0 Å². The van der Waals surface area contributed by atoms with E-state index < -0.39 is 0 Å². The maximum atomic E-state index is 4.07. The molecule has 74 valence electrons. The van der Waals surface area contributed by atoms with Crippen LogP contribution in [0.1, 0.15) is 0 Å². The summed E-state index contributed by atoms with van der Waals surface area (Å²) in [6, 6.07) is 7.80. The fourth-order valence-corrected chi connectivity index (χ4v) is 1.12. The van der Waals surface area contributed by atoms with Gasteiger partial charge in [-0.2, -0.15) is 0 Å². The third-order valence-corrected chi connectivity index (χ3v) is 1.78. The van der Waals surface area contributed by atoms with E-state index in [0.29, 0.717) is 0 Å². The largest absolute Gasteiger partial charge is 0.351 e. The van der Waals surface area contributed by atoms with E-state index in [2.05, 4.69) is 19.9 Å². The lowest BCUT2D eigenvalue weighted by Gasteiger charge is -1.90. The number of aromatic amines is 1. The lowest BCUT2D eigenvalue weighted by atomic mass is 10.3. The van der Waals surface area contributed by atoms with E-state index in [1.165, 1.54) is 0 Å². The SMILES string of the molecule is c1c[nH]cn1.c1cnc2ncccc2c1. The Morgan fingerprint density at radius 1 is 0.933 bits per heavy atom. The quantitative estimate of drug-likeness (QED) is 0.601. The summed E-state index contributed by atoms with van der Waals surface area (Å²) in [5, 5.41) is 1.09. The Morgan fingerprint density at radius 3 is 2.07 bits per heavy atom. The number of nitrogens with zero attached hydrogens (tertiary/aromatic N) is 3. The molecule has 0 bridgehead atoms. The van der Waals surface area contributed by atoms with Crippen molar-refractivity contribution in [1.82, 2.24) is 19.9 Å². The Bertz CT molecular complexity index is 422. The van der Waals surface area contributed by atoms with Gasteiger partial charge in [-0.25, -0.2) is 15.0 Å². The van der Waals surface area contributed by atoms with Crippen LogP contribution in [-0.4, -0.2) is 19.9 Å². The Kier molecular flexibility index (Phi) is 3.02. The van der Waals surface area contributed by atoms with Gasteiger partial charge in [0.05, 0.1) is 6.33 Å². The van der Waals surface area contributed by atoms with Gasteiger partial charge in [0.25, 0.3) is 0 Å². The van der Waals surface area contributed by atoms with E-state index in [9.17, 15) is 0 Å². The Hall–Kier alpha value is -2.23. The molecule has 0 atom stereocenters. The van der Waals surface area contributed by atoms with Crippen molar-refractivity contribution in [3.63, 3.8) is 0 Å². The summed E-state index contributed by atoms with van der Waals surface area (Å²) < 4.78 is 0. The van der Waals surface area contributed by atoms with Crippen molar-refractivity contribution in [2.45, 2.75) is 0 Å². The lowest BCUT2D eigenvalue weighted by Crippen LogP contribution is -1.78. The van der Waals surface area contributed by atoms with Gasteiger partial charge >= 0.3 is 0 Å². The van der Waals surface area contributed by atoms with Gasteiger partial charge in [0.15, 0.2) is 5.65 Å². The van der Waals surface area contributed by atoms with Crippen molar-refractivity contribution in [1.29, 1.82) is 0 Å². The summed E-state index contributed by atoms with van der Waals surface area (Å²) in [4.78, 5) is 14.6. The molecule has 1 N–H and O–H groups in total. The van der Waals surface area contributed by atoms with Crippen LogP contribution in [0.5, 0.6) is 0 Å². The number of hydrogen-bond donors (Lipinski definition) is 1. The molecule has 0 radical (unpaired) electrons. The fraction of sp³-hybridized carbons (Fsp3) is 0. The van der Waals surface area contributed by atoms with Crippen molar-refractivity contribution in [3.05, 3.63) is 55.4 Å². The number of pyridine rings is 2. The highest BCUT2D eigenvalue weighted by molar-refractivity contribution is 5.73. The van der Waals surface area contributed by atoms with Crippen molar-refractivity contribution in [2.24, 2.45) is 0 Å². The van der Waals surface area contributed by atoms with Crippen LogP contribution in [-0.2, 0) is 0 Å². The van der Waals surface area contributed by atoms with Gasteiger partial charge in [0.2, 0.25) is 0 Å². The van der Waals surface area contributed by atoms with E-state index >= 15 is 0 Å². The molecule has 4 nitrogen and oxygen atoms in total. The van der Waals surface area contributed by atoms with Gasteiger partial charge in [-0.15, -0.1) is 0 Å². The predicted octanol–water partition coefficient (Wildman–Crippen LogP) is 2.04. The number of imidazole rings is 1. The number of rotatable bonds is 0. The van der Waals surface area contributed by atoms with E-state index in [1.807, 2.05) is 24.3 Å². The first kappa shape index (κ1) is 9.33. The van der Waals surface area contributed by atoms with Crippen molar-refractivity contribution >= 4 is 11.0 Å². The normalized spacial score (nSPS) is 9.33. The average Bonchev–Trinajstić information content (AvgIpc) is 2.88. The van der Waals surface area contributed by atoms with Crippen LogP contribution < -0.4 is 0 Å². The summed E-state index contributed by atoms with van der Waals surface area (Å²) >= 11 is 0. The zero-order valence-corrected chi connectivity index (χ0v) is 8.04. The molecule has 15 heavy (non-hydrogen) atoms. The number of H-pyrrole nitrogens is 1. The standard InChI is InChI=1S/C8H6N2.C3H4N2/c1-3-7-4-2-6-10-8(7)9-5-1;1-2-5-3-4-1/h1-6H;1-3H,(H,4,5). The molecule has 0 fully saturated rings. The molecule has 0 aliphatic heterocycles. The molecule has 0 aliphatic carbocycles. The fourth-order valence-electron chi connectivity index (χ4n) is 1.12. The first-order valence-electron chi connectivity index (χ1n) is 4.55. The minimum Gasteiger partial charge on any atom is -0.351 e. The van der Waals surface area contributed by atoms with E-state index in [1.54, 1.807) is 31.1 Å². The minimum absolute atomic E-state index is 0.810. The first-order valence-corrected chi connectivity index (χ1v) is 4.55. The first-order chi connectivity index (χ1) is 7.47. The van der Waals surface area contributed by atoms with E-state index in [4.69, 9.17) is 0 Å². The molecule has 0 aliphatic rings. The summed E-state index contributed by atoms with van der Waals surface area (Å²) in [5.74, 6) is 0. The molecule has 4 heteroatoms. The lowest BCUT2D eigenvalue weighted by molar-refractivity contribution is 1.29. The molecule has 3 heterocycles. The van der Waals surface area contributed by atoms with Crippen LogP contribution in [0.25, 0.3) is 11.0 Å². The van der Waals surface area contributed by atoms with Crippen LogP contribution >= 0.6 is 0 Å². The smallest absolute Gasteiger partial charge is 0.159 e. The molecule has 0 saturated carbocycles. The second-order valence-corrected chi connectivity index (χ2v) is 2.81. The molecule has 0 amide bonds. The summed E-state index contributed by atoms with van der Waals surface area (Å²) in [7, 11) is 0. The highest BCUT2D eigenvalue weighted by Gasteiger charge is 1.88. The second-order valence-electron chi connectivity index (χ2n) is 2.81. The average molecular weight is 198 g/mol.